The number of rotatable bonds is 5. The van der Waals surface area contributed by atoms with E-state index >= 15 is 0 Å². The lowest BCUT2D eigenvalue weighted by Crippen LogP contribution is -2.13. The highest BCUT2D eigenvalue weighted by Crippen LogP contribution is 2.41. The third-order valence-electron chi connectivity index (χ3n) is 5.70. The van der Waals surface area contributed by atoms with Crippen molar-refractivity contribution in [3.8, 4) is 21.8 Å². The van der Waals surface area contributed by atoms with E-state index in [4.69, 9.17) is 33.2 Å². The number of halogens is 1. The Balaban J connectivity index is 1.68. The molecule has 6 aromatic rings. The summed E-state index contributed by atoms with van der Waals surface area (Å²) in [6.45, 7) is 0. The molecule has 0 saturated carbocycles. The zero-order valence-corrected chi connectivity index (χ0v) is 20.2. The number of aromatic nitrogens is 4. The molecule has 0 radical (unpaired) electrons. The molecule has 0 fully saturated rings. The predicted molar refractivity (Wildman–Crippen MR) is 145 cm³/mol. The topological polar surface area (TPSA) is 124 Å². The molecule has 3 aromatic carbocycles. The summed E-state index contributed by atoms with van der Waals surface area (Å²) in [5.41, 5.74) is 16.3. The smallest absolute Gasteiger partial charge is 0.256 e. The molecule has 0 bridgehead atoms. The van der Waals surface area contributed by atoms with Gasteiger partial charge in [-0.1, -0.05) is 54.1 Å². The standard InChI is InChI=1S/C26H18ClN7OS/c27-15-12-10-14(11-13-15)21-19(26-31-17-8-4-5-9-18(17)36-26)22(28)32-25-20(23(29)35)24(33-34(21)25)30-16-6-2-1-3-7-16/h1-13H,(H2,28,32)(H2,29,35)(H,30,33). The summed E-state index contributed by atoms with van der Waals surface area (Å²) >= 11 is 7.68. The molecule has 3 heterocycles. The van der Waals surface area contributed by atoms with Crippen molar-refractivity contribution in [2.45, 2.75) is 0 Å². The molecule has 0 saturated heterocycles. The number of para-hydroxylation sites is 2. The first kappa shape index (κ1) is 22.0. The number of amides is 1. The van der Waals surface area contributed by atoms with Crippen LogP contribution in [0.15, 0.2) is 78.9 Å². The van der Waals surface area contributed by atoms with Crippen LogP contribution in [0.25, 0.3) is 37.7 Å². The Morgan fingerprint density at radius 1 is 0.944 bits per heavy atom. The molecule has 0 aliphatic heterocycles. The van der Waals surface area contributed by atoms with Gasteiger partial charge in [0.05, 0.1) is 21.5 Å². The lowest BCUT2D eigenvalue weighted by molar-refractivity contribution is 0.100. The summed E-state index contributed by atoms with van der Waals surface area (Å²) in [6.07, 6.45) is 0. The number of nitrogen functional groups attached to an aromatic ring is 1. The maximum Gasteiger partial charge on any atom is 0.256 e. The van der Waals surface area contributed by atoms with Gasteiger partial charge in [-0.2, -0.15) is 0 Å². The molecule has 0 atom stereocenters. The highest BCUT2D eigenvalue weighted by molar-refractivity contribution is 7.21. The molecule has 0 aliphatic rings. The Labute approximate surface area is 214 Å². The van der Waals surface area contributed by atoms with Crippen molar-refractivity contribution in [2.75, 3.05) is 11.1 Å². The van der Waals surface area contributed by atoms with Gasteiger partial charge in [-0.15, -0.1) is 16.4 Å². The molecular weight excluding hydrogens is 494 g/mol. The van der Waals surface area contributed by atoms with Crippen LogP contribution >= 0.6 is 22.9 Å². The van der Waals surface area contributed by atoms with Gasteiger partial charge in [0.1, 0.15) is 16.4 Å². The van der Waals surface area contributed by atoms with Crippen LogP contribution in [0.4, 0.5) is 17.3 Å². The SMILES string of the molecule is NC(=O)c1c(Nc2ccccc2)nn2c(-c3ccc(Cl)cc3)c(-c3nc4ccccc4s3)c(N)nc12. The fourth-order valence-corrected chi connectivity index (χ4v) is 5.25. The van der Waals surface area contributed by atoms with Crippen LogP contribution in [0.2, 0.25) is 5.02 Å². The number of hydrogen-bond donors (Lipinski definition) is 3. The molecule has 0 unspecified atom stereocenters. The lowest BCUT2D eigenvalue weighted by Gasteiger charge is -2.12. The Bertz CT molecular complexity index is 1730. The van der Waals surface area contributed by atoms with Gasteiger partial charge in [0.15, 0.2) is 11.5 Å². The van der Waals surface area contributed by atoms with E-state index in [1.54, 1.807) is 16.6 Å². The normalized spacial score (nSPS) is 11.2. The number of primary amides is 1. The van der Waals surface area contributed by atoms with Crippen LogP contribution in [-0.2, 0) is 0 Å². The van der Waals surface area contributed by atoms with Gasteiger partial charge in [-0.25, -0.2) is 14.5 Å². The highest BCUT2D eigenvalue weighted by Gasteiger charge is 2.27. The molecule has 36 heavy (non-hydrogen) atoms. The van der Waals surface area contributed by atoms with Crippen LogP contribution in [0, 0.1) is 0 Å². The second-order valence-electron chi connectivity index (χ2n) is 8.03. The van der Waals surface area contributed by atoms with Crippen molar-refractivity contribution < 1.29 is 4.79 Å². The Morgan fingerprint density at radius 3 is 2.39 bits per heavy atom. The van der Waals surface area contributed by atoms with Crippen molar-refractivity contribution in [1.29, 1.82) is 0 Å². The number of carbonyl (C=O) groups is 1. The van der Waals surface area contributed by atoms with E-state index in [1.807, 2.05) is 66.7 Å². The maximum atomic E-state index is 12.6. The van der Waals surface area contributed by atoms with E-state index in [-0.39, 0.29) is 22.8 Å². The molecule has 0 spiro atoms. The van der Waals surface area contributed by atoms with Crippen molar-refractivity contribution in [1.82, 2.24) is 19.6 Å². The Hall–Kier alpha value is -4.47. The van der Waals surface area contributed by atoms with Crippen molar-refractivity contribution >= 4 is 62.0 Å². The van der Waals surface area contributed by atoms with Crippen LogP contribution < -0.4 is 16.8 Å². The number of carbonyl (C=O) groups excluding carboxylic acids is 1. The monoisotopic (exact) mass is 511 g/mol. The van der Waals surface area contributed by atoms with Gasteiger partial charge in [0.25, 0.3) is 5.91 Å². The first-order valence-electron chi connectivity index (χ1n) is 11.0. The van der Waals surface area contributed by atoms with Crippen LogP contribution in [0.3, 0.4) is 0 Å². The lowest BCUT2D eigenvalue weighted by atomic mass is 10.1. The van der Waals surface area contributed by atoms with Gasteiger partial charge < -0.3 is 16.8 Å². The number of hydrogen-bond acceptors (Lipinski definition) is 7. The van der Waals surface area contributed by atoms with Crippen molar-refractivity contribution in [3.05, 3.63) is 89.4 Å². The third kappa shape index (κ3) is 3.71. The molecule has 5 N–H and O–H groups in total. The van der Waals surface area contributed by atoms with Gasteiger partial charge in [0.2, 0.25) is 0 Å². The minimum absolute atomic E-state index is 0.136. The minimum Gasteiger partial charge on any atom is -0.383 e. The van der Waals surface area contributed by atoms with E-state index in [2.05, 4.69) is 10.3 Å². The number of nitrogens with two attached hydrogens (primary N) is 2. The number of fused-ring (bicyclic) bond motifs is 2. The number of nitrogens with zero attached hydrogens (tertiary/aromatic N) is 4. The molecule has 6 rings (SSSR count). The fraction of sp³-hybridized carbons (Fsp3) is 0. The zero-order valence-electron chi connectivity index (χ0n) is 18.6. The van der Waals surface area contributed by atoms with Gasteiger partial charge >= 0.3 is 0 Å². The quantitative estimate of drug-likeness (QED) is 0.270. The summed E-state index contributed by atoms with van der Waals surface area (Å²) in [4.78, 5) is 22.0. The fourth-order valence-electron chi connectivity index (χ4n) is 4.10. The number of benzene rings is 3. The van der Waals surface area contributed by atoms with E-state index in [9.17, 15) is 4.79 Å². The molecule has 3 aromatic heterocycles. The van der Waals surface area contributed by atoms with Crippen LogP contribution in [0.5, 0.6) is 0 Å². The number of nitrogens with one attached hydrogen (secondary N) is 1. The molecular formula is C26H18ClN7OS. The van der Waals surface area contributed by atoms with Gasteiger partial charge in [-0.05, 0) is 36.4 Å². The molecule has 0 aliphatic carbocycles. The number of anilines is 3. The zero-order chi connectivity index (χ0) is 24.8. The van der Waals surface area contributed by atoms with Gasteiger partial charge in [0, 0.05) is 16.3 Å². The molecule has 10 heteroatoms. The molecule has 8 nitrogen and oxygen atoms in total. The maximum absolute atomic E-state index is 12.6. The van der Waals surface area contributed by atoms with Crippen LogP contribution in [-0.4, -0.2) is 25.5 Å². The summed E-state index contributed by atoms with van der Waals surface area (Å²) in [5, 5.41) is 9.19. The first-order valence-corrected chi connectivity index (χ1v) is 12.1. The van der Waals surface area contributed by atoms with E-state index < -0.39 is 5.91 Å². The molecule has 1 amide bonds. The highest BCUT2D eigenvalue weighted by atomic mass is 35.5. The average molecular weight is 512 g/mol. The van der Waals surface area contributed by atoms with E-state index in [1.165, 1.54) is 11.3 Å². The van der Waals surface area contributed by atoms with Crippen molar-refractivity contribution in [3.63, 3.8) is 0 Å². The van der Waals surface area contributed by atoms with E-state index in [0.717, 1.165) is 21.5 Å². The Morgan fingerprint density at radius 2 is 1.67 bits per heavy atom. The predicted octanol–water partition coefficient (Wildman–Crippen LogP) is 5.75. The Kier molecular flexibility index (Phi) is 5.28. The summed E-state index contributed by atoms with van der Waals surface area (Å²) in [5.74, 6) is -0.192. The summed E-state index contributed by atoms with van der Waals surface area (Å²) < 4.78 is 2.60. The minimum atomic E-state index is -0.676. The molecule has 176 valence electrons. The van der Waals surface area contributed by atoms with Crippen molar-refractivity contribution in [2.24, 2.45) is 5.73 Å². The first-order chi connectivity index (χ1) is 17.5. The largest absolute Gasteiger partial charge is 0.383 e. The van der Waals surface area contributed by atoms with Crippen LogP contribution in [0.1, 0.15) is 10.4 Å². The summed E-state index contributed by atoms with van der Waals surface area (Å²) in [7, 11) is 0. The second kappa shape index (κ2) is 8.63. The number of thiazole rings is 1. The summed E-state index contributed by atoms with van der Waals surface area (Å²) in [6, 6.07) is 24.5. The second-order valence-corrected chi connectivity index (χ2v) is 9.50. The average Bonchev–Trinajstić information content (AvgIpc) is 3.45. The third-order valence-corrected chi connectivity index (χ3v) is 7.01. The van der Waals surface area contributed by atoms with E-state index in [0.29, 0.717) is 21.3 Å². The van der Waals surface area contributed by atoms with Gasteiger partial charge in [-0.3, -0.25) is 4.79 Å².